The molecule has 0 radical (unpaired) electrons. The van der Waals surface area contributed by atoms with Gasteiger partial charge in [-0.3, -0.25) is 4.79 Å². The molecule has 0 aliphatic rings. The molecular weight excluding hydrogens is 171 g/mol. The van der Waals surface area contributed by atoms with Crippen LogP contribution in [-0.4, -0.2) is 10.9 Å². The highest BCUT2D eigenvalue weighted by Gasteiger charge is 2.07. The molecule has 0 unspecified atom stereocenters. The summed E-state index contributed by atoms with van der Waals surface area (Å²) in [7, 11) is 0. The van der Waals surface area contributed by atoms with Gasteiger partial charge in [-0.1, -0.05) is 0 Å². The Labute approximate surface area is 75.3 Å². The average Bonchev–Trinajstić information content (AvgIpc) is 2.17. The summed E-state index contributed by atoms with van der Waals surface area (Å²) in [5.74, 6) is -0.690. The Balaban J connectivity index is 2.97. The van der Waals surface area contributed by atoms with Crippen LogP contribution in [0.15, 0.2) is 36.1 Å². The third-order valence-electron chi connectivity index (χ3n) is 1.66. The zero-order valence-corrected chi connectivity index (χ0v) is 7.12. The van der Waals surface area contributed by atoms with Crippen molar-refractivity contribution in [3.8, 4) is 0 Å². The molecule has 0 bridgehead atoms. The molecular formula is C10H9FO2. The van der Waals surface area contributed by atoms with Gasteiger partial charge in [-0.15, -0.1) is 0 Å². The molecule has 1 aromatic carbocycles. The van der Waals surface area contributed by atoms with E-state index in [1.54, 1.807) is 0 Å². The van der Waals surface area contributed by atoms with Gasteiger partial charge in [-0.2, -0.15) is 0 Å². The third kappa shape index (κ3) is 2.15. The number of benzene rings is 1. The maximum Gasteiger partial charge on any atom is 0.191 e. The van der Waals surface area contributed by atoms with E-state index in [-0.39, 0.29) is 17.2 Å². The first-order chi connectivity index (χ1) is 6.15. The van der Waals surface area contributed by atoms with Crippen LogP contribution in [-0.2, 0) is 0 Å². The van der Waals surface area contributed by atoms with Crippen molar-refractivity contribution in [2.24, 2.45) is 0 Å². The van der Waals surface area contributed by atoms with Crippen LogP contribution in [0.5, 0.6) is 0 Å². The lowest BCUT2D eigenvalue weighted by Gasteiger charge is -1.98. The molecule has 0 amide bonds. The molecule has 0 heterocycles. The normalized spacial score (nSPS) is 11.4. The van der Waals surface area contributed by atoms with E-state index in [4.69, 9.17) is 5.11 Å². The molecule has 0 atom stereocenters. The van der Waals surface area contributed by atoms with Crippen molar-refractivity contribution in [3.05, 3.63) is 47.5 Å². The summed E-state index contributed by atoms with van der Waals surface area (Å²) in [4.78, 5) is 11.3. The Morgan fingerprint density at radius 2 is 1.92 bits per heavy atom. The van der Waals surface area contributed by atoms with E-state index in [0.29, 0.717) is 5.56 Å². The number of ketones is 1. The van der Waals surface area contributed by atoms with Crippen LogP contribution in [0, 0.1) is 5.82 Å². The predicted octanol–water partition coefficient (Wildman–Crippen LogP) is 2.47. The molecule has 0 saturated carbocycles. The standard InChI is InChI=1S/C10H9FO2/c1-7(6-12)10(13)8-2-4-9(11)5-3-8/h2-6,12H,1H3/b7-6-. The number of aliphatic hydroxyl groups excluding tert-OH is 1. The first-order valence-electron chi connectivity index (χ1n) is 3.76. The van der Waals surface area contributed by atoms with E-state index in [2.05, 4.69) is 0 Å². The molecule has 0 spiro atoms. The number of hydrogen-bond donors (Lipinski definition) is 1. The van der Waals surface area contributed by atoms with Gasteiger partial charge in [0.15, 0.2) is 5.78 Å². The SMILES string of the molecule is C/C(=C/O)C(=O)c1ccc(F)cc1. The highest BCUT2D eigenvalue weighted by atomic mass is 19.1. The number of carbonyl (C=O) groups excluding carboxylic acids is 1. The second kappa shape index (κ2) is 3.85. The summed E-state index contributed by atoms with van der Waals surface area (Å²) in [5, 5.41) is 8.56. The van der Waals surface area contributed by atoms with Crippen LogP contribution in [0.4, 0.5) is 4.39 Å². The van der Waals surface area contributed by atoms with Crippen LogP contribution in [0.2, 0.25) is 0 Å². The van der Waals surface area contributed by atoms with Crippen molar-refractivity contribution in [3.63, 3.8) is 0 Å². The number of hydrogen-bond acceptors (Lipinski definition) is 2. The number of carbonyl (C=O) groups is 1. The summed E-state index contributed by atoms with van der Waals surface area (Å²) in [6, 6.07) is 5.17. The van der Waals surface area contributed by atoms with Crippen molar-refractivity contribution in [1.82, 2.24) is 0 Å². The van der Waals surface area contributed by atoms with Crippen LogP contribution >= 0.6 is 0 Å². The largest absolute Gasteiger partial charge is 0.515 e. The number of halogens is 1. The fourth-order valence-electron chi connectivity index (χ4n) is 0.888. The molecule has 0 aromatic heterocycles. The molecule has 0 fully saturated rings. The summed E-state index contributed by atoms with van der Waals surface area (Å²) in [6.07, 6.45) is 0.742. The molecule has 2 nitrogen and oxygen atoms in total. The maximum atomic E-state index is 12.5. The van der Waals surface area contributed by atoms with Gasteiger partial charge in [-0.05, 0) is 31.2 Å². The summed E-state index contributed by atoms with van der Waals surface area (Å²) >= 11 is 0. The van der Waals surface area contributed by atoms with Gasteiger partial charge in [-0.25, -0.2) is 4.39 Å². The quantitative estimate of drug-likeness (QED) is 0.431. The van der Waals surface area contributed by atoms with Gasteiger partial charge in [0.2, 0.25) is 0 Å². The van der Waals surface area contributed by atoms with E-state index >= 15 is 0 Å². The number of Topliss-reactive ketones (excluding diaryl/α,β-unsaturated/α-hetero) is 1. The van der Waals surface area contributed by atoms with Crippen molar-refractivity contribution in [2.75, 3.05) is 0 Å². The van der Waals surface area contributed by atoms with Crippen molar-refractivity contribution >= 4 is 5.78 Å². The molecule has 3 heteroatoms. The van der Waals surface area contributed by atoms with Crippen LogP contribution in [0.25, 0.3) is 0 Å². The van der Waals surface area contributed by atoms with E-state index in [9.17, 15) is 9.18 Å². The lowest BCUT2D eigenvalue weighted by molar-refractivity contribution is 0.103. The van der Waals surface area contributed by atoms with E-state index < -0.39 is 0 Å². The second-order valence-electron chi connectivity index (χ2n) is 2.65. The van der Waals surface area contributed by atoms with Gasteiger partial charge in [0, 0.05) is 11.1 Å². The summed E-state index contributed by atoms with van der Waals surface area (Å²) < 4.78 is 12.5. The molecule has 0 aliphatic heterocycles. The van der Waals surface area contributed by atoms with Crippen molar-refractivity contribution < 1.29 is 14.3 Å². The minimum atomic E-state index is -0.387. The zero-order chi connectivity index (χ0) is 9.84. The Hall–Kier alpha value is -1.64. The molecule has 1 rings (SSSR count). The van der Waals surface area contributed by atoms with Crippen molar-refractivity contribution in [2.45, 2.75) is 6.92 Å². The molecule has 0 aliphatic carbocycles. The van der Waals surface area contributed by atoms with Crippen LogP contribution < -0.4 is 0 Å². The Kier molecular flexibility index (Phi) is 2.80. The predicted molar refractivity (Wildman–Crippen MR) is 47.1 cm³/mol. The van der Waals surface area contributed by atoms with E-state index in [0.717, 1.165) is 6.26 Å². The lowest BCUT2D eigenvalue weighted by Crippen LogP contribution is -2.00. The fourth-order valence-corrected chi connectivity index (χ4v) is 0.888. The van der Waals surface area contributed by atoms with Crippen molar-refractivity contribution in [1.29, 1.82) is 0 Å². The maximum absolute atomic E-state index is 12.5. The number of aliphatic hydroxyl groups is 1. The van der Waals surface area contributed by atoms with Crippen LogP contribution in [0.1, 0.15) is 17.3 Å². The average molecular weight is 180 g/mol. The first kappa shape index (κ1) is 9.45. The smallest absolute Gasteiger partial charge is 0.191 e. The molecule has 1 aromatic rings. The Bertz CT molecular complexity index is 338. The minimum Gasteiger partial charge on any atom is -0.515 e. The van der Waals surface area contributed by atoms with Gasteiger partial charge in [0.25, 0.3) is 0 Å². The fraction of sp³-hybridized carbons (Fsp3) is 0.100. The minimum absolute atomic E-state index is 0.228. The van der Waals surface area contributed by atoms with E-state index in [1.807, 2.05) is 0 Å². The third-order valence-corrected chi connectivity index (χ3v) is 1.66. The van der Waals surface area contributed by atoms with Gasteiger partial charge < -0.3 is 5.11 Å². The van der Waals surface area contributed by atoms with Crippen LogP contribution in [0.3, 0.4) is 0 Å². The Morgan fingerprint density at radius 1 is 1.38 bits per heavy atom. The lowest BCUT2D eigenvalue weighted by atomic mass is 10.1. The molecule has 68 valence electrons. The van der Waals surface area contributed by atoms with E-state index in [1.165, 1.54) is 31.2 Å². The monoisotopic (exact) mass is 180 g/mol. The summed E-state index contributed by atoms with van der Waals surface area (Å²) in [6.45, 7) is 1.49. The van der Waals surface area contributed by atoms with Gasteiger partial charge in [0.05, 0.1) is 6.26 Å². The summed E-state index contributed by atoms with van der Waals surface area (Å²) in [5.41, 5.74) is 0.593. The molecule has 13 heavy (non-hydrogen) atoms. The van der Waals surface area contributed by atoms with Gasteiger partial charge >= 0.3 is 0 Å². The molecule has 0 saturated heterocycles. The second-order valence-corrected chi connectivity index (χ2v) is 2.65. The molecule has 1 N–H and O–H groups in total. The van der Waals surface area contributed by atoms with Gasteiger partial charge in [0.1, 0.15) is 5.82 Å². The topological polar surface area (TPSA) is 37.3 Å². The highest BCUT2D eigenvalue weighted by molar-refractivity contribution is 6.08. The highest BCUT2D eigenvalue weighted by Crippen LogP contribution is 2.08. The first-order valence-corrected chi connectivity index (χ1v) is 3.76. The number of rotatable bonds is 2. The number of allylic oxidation sites excluding steroid dienone is 1. The zero-order valence-electron chi connectivity index (χ0n) is 7.12. The Morgan fingerprint density at radius 3 is 2.38 bits per heavy atom.